The number of hydrogen-bond donors (Lipinski definition) is 1. The number of carbonyl (C=O) groups is 1. The van der Waals surface area contributed by atoms with Crippen LogP contribution in [0.5, 0.6) is 0 Å². The van der Waals surface area contributed by atoms with Gasteiger partial charge in [-0.1, -0.05) is 19.3 Å². The molecule has 1 unspecified atom stereocenters. The maximum Gasteiger partial charge on any atom is 0.223 e. The smallest absolute Gasteiger partial charge is 0.223 e. The number of morpholine rings is 1. The highest BCUT2D eigenvalue weighted by Crippen LogP contribution is 2.38. The predicted octanol–water partition coefficient (Wildman–Crippen LogP) is 2.03. The molecule has 1 aliphatic carbocycles. The number of amides is 1. The number of rotatable bonds is 5. The average molecular weight is 348 g/mol. The second kappa shape index (κ2) is 7.87. The fourth-order valence-electron chi connectivity index (χ4n) is 4.30. The van der Waals surface area contributed by atoms with Crippen molar-refractivity contribution in [2.75, 3.05) is 26.2 Å². The number of aromatic nitrogens is 2. The molecule has 6 heteroatoms. The lowest BCUT2D eigenvalue weighted by atomic mass is 9.71. The van der Waals surface area contributed by atoms with E-state index in [0.29, 0.717) is 39.2 Å². The van der Waals surface area contributed by atoms with Crippen molar-refractivity contribution >= 4 is 5.91 Å². The van der Waals surface area contributed by atoms with Crippen LogP contribution in [0.15, 0.2) is 6.07 Å². The first-order valence-corrected chi connectivity index (χ1v) is 9.62. The molecule has 25 heavy (non-hydrogen) atoms. The molecule has 2 heterocycles. The summed E-state index contributed by atoms with van der Waals surface area (Å²) in [7, 11) is 0. The van der Waals surface area contributed by atoms with E-state index in [2.05, 4.69) is 18.1 Å². The molecule has 1 atom stereocenters. The number of hydrogen-bond acceptors (Lipinski definition) is 4. The molecule has 1 aromatic rings. The Morgan fingerprint density at radius 2 is 2.12 bits per heavy atom. The van der Waals surface area contributed by atoms with E-state index in [1.54, 1.807) is 0 Å². The highest BCUT2D eigenvalue weighted by Gasteiger charge is 2.35. The number of aryl methyl sites for hydroxylation is 2. The van der Waals surface area contributed by atoms with Gasteiger partial charge in [0.05, 0.1) is 24.9 Å². The molecular formula is C19H32N4O2. The summed E-state index contributed by atoms with van der Waals surface area (Å²) < 4.78 is 7.87. The van der Waals surface area contributed by atoms with Crippen molar-refractivity contribution in [3.8, 4) is 0 Å². The normalized spacial score (nSPS) is 23.6. The monoisotopic (exact) mass is 348 g/mol. The number of nitrogens with two attached hydrogens (primary N) is 1. The zero-order chi connectivity index (χ0) is 17.9. The molecule has 2 N–H and O–H groups in total. The van der Waals surface area contributed by atoms with Gasteiger partial charge in [0.15, 0.2) is 0 Å². The number of carbonyl (C=O) groups excluding carboxylic acids is 1. The highest BCUT2D eigenvalue weighted by molar-refractivity contribution is 5.77. The molecule has 1 amide bonds. The van der Waals surface area contributed by atoms with Crippen molar-refractivity contribution < 1.29 is 9.53 Å². The Hall–Kier alpha value is -1.40. The van der Waals surface area contributed by atoms with Crippen molar-refractivity contribution in [2.24, 2.45) is 11.1 Å². The van der Waals surface area contributed by atoms with Gasteiger partial charge in [-0.3, -0.25) is 9.48 Å². The molecule has 3 rings (SSSR count). The van der Waals surface area contributed by atoms with Crippen molar-refractivity contribution in [3.05, 3.63) is 17.5 Å². The van der Waals surface area contributed by atoms with Crippen LogP contribution >= 0.6 is 0 Å². The molecule has 2 fully saturated rings. The Morgan fingerprint density at radius 1 is 1.36 bits per heavy atom. The molecule has 6 nitrogen and oxygen atoms in total. The Morgan fingerprint density at radius 3 is 2.76 bits per heavy atom. The van der Waals surface area contributed by atoms with Crippen LogP contribution in [-0.4, -0.2) is 52.9 Å². The standard InChI is InChI=1S/C19H32N4O2/c1-15-10-16(2)23(21-15)13-17-12-22(8-9-25-17)18(24)11-19(14-20)6-4-3-5-7-19/h10,17H,3-9,11-14,20H2,1-2H3. The van der Waals surface area contributed by atoms with E-state index in [9.17, 15) is 4.79 Å². The summed E-state index contributed by atoms with van der Waals surface area (Å²) in [6, 6.07) is 2.07. The largest absolute Gasteiger partial charge is 0.373 e. The lowest BCUT2D eigenvalue weighted by molar-refractivity contribution is -0.142. The van der Waals surface area contributed by atoms with Crippen LogP contribution < -0.4 is 5.73 Å². The SMILES string of the molecule is Cc1cc(C)n(CC2CN(C(=O)CC3(CN)CCCCC3)CCO2)n1. The lowest BCUT2D eigenvalue weighted by Gasteiger charge is -2.39. The van der Waals surface area contributed by atoms with Gasteiger partial charge >= 0.3 is 0 Å². The average Bonchev–Trinajstić information content (AvgIpc) is 2.93. The Kier molecular flexibility index (Phi) is 5.79. The van der Waals surface area contributed by atoms with Gasteiger partial charge in [0.1, 0.15) is 0 Å². The van der Waals surface area contributed by atoms with E-state index in [-0.39, 0.29) is 17.4 Å². The topological polar surface area (TPSA) is 73.4 Å². The van der Waals surface area contributed by atoms with Gasteiger partial charge in [-0.2, -0.15) is 5.10 Å². The summed E-state index contributed by atoms with van der Waals surface area (Å²) >= 11 is 0. The molecule has 0 radical (unpaired) electrons. The third kappa shape index (κ3) is 4.42. The Bertz CT molecular complexity index is 592. The minimum atomic E-state index is 0.0101. The van der Waals surface area contributed by atoms with Crippen LogP contribution in [0, 0.1) is 19.3 Å². The Balaban J connectivity index is 1.58. The fraction of sp³-hybridized carbons (Fsp3) is 0.789. The second-order valence-electron chi connectivity index (χ2n) is 7.88. The molecule has 0 bridgehead atoms. The summed E-state index contributed by atoms with van der Waals surface area (Å²) in [5.74, 6) is 0.244. The van der Waals surface area contributed by atoms with Gasteiger partial charge in [-0.15, -0.1) is 0 Å². The molecular weight excluding hydrogens is 316 g/mol. The zero-order valence-electron chi connectivity index (χ0n) is 15.7. The van der Waals surface area contributed by atoms with Crippen LogP contribution in [0.4, 0.5) is 0 Å². The summed E-state index contributed by atoms with van der Waals surface area (Å²) in [4.78, 5) is 14.9. The first-order chi connectivity index (χ1) is 12.0. The van der Waals surface area contributed by atoms with Gasteiger partial charge < -0.3 is 15.4 Å². The number of nitrogens with zero attached hydrogens (tertiary/aromatic N) is 3. The molecule has 1 aliphatic heterocycles. The first-order valence-electron chi connectivity index (χ1n) is 9.62. The van der Waals surface area contributed by atoms with Crippen LogP contribution in [0.3, 0.4) is 0 Å². The fourth-order valence-corrected chi connectivity index (χ4v) is 4.30. The molecule has 0 spiro atoms. The van der Waals surface area contributed by atoms with Gasteiger partial charge in [0.2, 0.25) is 5.91 Å². The summed E-state index contributed by atoms with van der Waals surface area (Å²) in [5, 5.41) is 4.51. The summed E-state index contributed by atoms with van der Waals surface area (Å²) in [5.41, 5.74) is 8.23. The third-order valence-corrected chi connectivity index (χ3v) is 5.84. The minimum Gasteiger partial charge on any atom is -0.373 e. The van der Waals surface area contributed by atoms with E-state index in [4.69, 9.17) is 10.5 Å². The van der Waals surface area contributed by atoms with Gasteiger partial charge in [0, 0.05) is 25.2 Å². The van der Waals surface area contributed by atoms with E-state index in [1.165, 1.54) is 19.3 Å². The van der Waals surface area contributed by atoms with Crippen LogP contribution in [0.1, 0.15) is 49.9 Å². The molecule has 2 aliphatic rings. The maximum atomic E-state index is 12.9. The van der Waals surface area contributed by atoms with Crippen LogP contribution in [0.2, 0.25) is 0 Å². The van der Waals surface area contributed by atoms with E-state index in [0.717, 1.165) is 24.2 Å². The summed E-state index contributed by atoms with van der Waals surface area (Å²) in [6.07, 6.45) is 6.47. The lowest BCUT2D eigenvalue weighted by Crippen LogP contribution is -2.49. The molecule has 1 saturated carbocycles. The summed E-state index contributed by atoms with van der Waals surface area (Å²) in [6.45, 7) is 7.32. The maximum absolute atomic E-state index is 12.9. The van der Waals surface area contributed by atoms with E-state index < -0.39 is 0 Å². The molecule has 1 aromatic heterocycles. The van der Waals surface area contributed by atoms with Crippen LogP contribution in [-0.2, 0) is 16.1 Å². The quantitative estimate of drug-likeness (QED) is 0.883. The third-order valence-electron chi connectivity index (χ3n) is 5.84. The zero-order valence-corrected chi connectivity index (χ0v) is 15.7. The second-order valence-corrected chi connectivity index (χ2v) is 7.88. The Labute approximate surface area is 150 Å². The van der Waals surface area contributed by atoms with Crippen molar-refractivity contribution in [3.63, 3.8) is 0 Å². The van der Waals surface area contributed by atoms with Crippen molar-refractivity contribution in [1.82, 2.24) is 14.7 Å². The first kappa shape index (κ1) is 18.4. The highest BCUT2D eigenvalue weighted by atomic mass is 16.5. The molecule has 0 aromatic carbocycles. The van der Waals surface area contributed by atoms with Crippen molar-refractivity contribution in [2.45, 2.75) is 65.0 Å². The predicted molar refractivity (Wildman–Crippen MR) is 97.2 cm³/mol. The minimum absolute atomic E-state index is 0.0101. The van der Waals surface area contributed by atoms with E-state index in [1.807, 2.05) is 16.5 Å². The van der Waals surface area contributed by atoms with Gasteiger partial charge in [0.25, 0.3) is 0 Å². The van der Waals surface area contributed by atoms with Crippen LogP contribution in [0.25, 0.3) is 0 Å². The van der Waals surface area contributed by atoms with Crippen molar-refractivity contribution in [1.29, 1.82) is 0 Å². The van der Waals surface area contributed by atoms with Gasteiger partial charge in [-0.05, 0) is 44.7 Å². The number of ether oxygens (including phenoxy) is 1. The molecule has 140 valence electrons. The van der Waals surface area contributed by atoms with Gasteiger partial charge in [-0.25, -0.2) is 0 Å². The molecule has 1 saturated heterocycles. The van der Waals surface area contributed by atoms with E-state index >= 15 is 0 Å².